The highest BCUT2D eigenvalue weighted by molar-refractivity contribution is 7.48. The van der Waals surface area contributed by atoms with Gasteiger partial charge in [0.05, 0.1) is 13.2 Å². The molecule has 16 heavy (non-hydrogen) atoms. The summed E-state index contributed by atoms with van der Waals surface area (Å²) in [6.45, 7) is 8.42. The molecule has 0 aliphatic heterocycles. The molecule has 0 aliphatic carbocycles. The molecule has 0 radical (unpaired) electrons. The summed E-state index contributed by atoms with van der Waals surface area (Å²) in [4.78, 5) is 0. The van der Waals surface area contributed by atoms with Crippen LogP contribution < -0.4 is 0 Å². The maximum atomic E-state index is 12.0. The van der Waals surface area contributed by atoms with Gasteiger partial charge in [-0.1, -0.05) is 39.3 Å². The van der Waals surface area contributed by atoms with Crippen LogP contribution >= 0.6 is 19.4 Å². The maximum Gasteiger partial charge on any atom is 0.529 e. The van der Waals surface area contributed by atoms with Gasteiger partial charge in [0.25, 0.3) is 0 Å². The van der Waals surface area contributed by atoms with Crippen LogP contribution in [0.5, 0.6) is 0 Å². The third-order valence-corrected chi connectivity index (χ3v) is 2.79. The van der Waals surface area contributed by atoms with Crippen LogP contribution in [-0.2, 0) is 18.1 Å². The first-order chi connectivity index (χ1) is 7.39. The van der Waals surface area contributed by atoms with E-state index in [4.69, 9.17) is 25.2 Å². The summed E-state index contributed by atoms with van der Waals surface area (Å²) < 4.78 is 27.2. The van der Waals surface area contributed by atoms with Gasteiger partial charge in [0.2, 0.25) is 0 Å². The number of phosphoric ester groups is 1. The van der Waals surface area contributed by atoms with E-state index >= 15 is 0 Å². The Kier molecular flexibility index (Phi) is 8.12. The summed E-state index contributed by atoms with van der Waals surface area (Å²) in [6.07, 6.45) is 1.10. The minimum absolute atomic E-state index is 0.250. The highest BCUT2D eigenvalue weighted by Crippen LogP contribution is 2.50. The number of halogens is 1. The van der Waals surface area contributed by atoms with Gasteiger partial charge in [0, 0.05) is 5.54 Å². The Balaban J connectivity index is 4.30. The quantitative estimate of drug-likeness (QED) is 0.490. The van der Waals surface area contributed by atoms with Crippen LogP contribution in [0.15, 0.2) is 11.8 Å². The van der Waals surface area contributed by atoms with Gasteiger partial charge in [-0.25, -0.2) is 4.57 Å². The first-order valence-corrected chi connectivity index (χ1v) is 7.12. The van der Waals surface area contributed by atoms with Crippen molar-refractivity contribution in [2.75, 3.05) is 13.2 Å². The fourth-order valence-corrected chi connectivity index (χ4v) is 2.17. The average molecular weight is 271 g/mol. The minimum Gasteiger partial charge on any atom is -0.411 e. The molecule has 0 amide bonds. The Morgan fingerprint density at radius 2 is 1.56 bits per heavy atom. The molecule has 0 N–H and O–H groups in total. The highest BCUT2D eigenvalue weighted by atomic mass is 35.5. The lowest BCUT2D eigenvalue weighted by atomic mass is 10.2. The topological polar surface area (TPSA) is 44.8 Å². The van der Waals surface area contributed by atoms with Crippen LogP contribution in [0.4, 0.5) is 0 Å². The summed E-state index contributed by atoms with van der Waals surface area (Å²) in [5, 5.41) is 0. The Bertz CT molecular complexity index is 237. The van der Waals surface area contributed by atoms with E-state index in [1.54, 1.807) is 0 Å². The molecular weight excluding hydrogens is 251 g/mol. The Hall–Kier alpha value is -0.0200. The van der Waals surface area contributed by atoms with Crippen molar-refractivity contribution in [3.8, 4) is 0 Å². The van der Waals surface area contributed by atoms with Crippen molar-refractivity contribution in [2.45, 2.75) is 27.7 Å². The molecule has 0 saturated carbocycles. The molecule has 0 rings (SSSR count). The summed E-state index contributed by atoms with van der Waals surface area (Å²) in [5.74, 6) is 0.499. The third kappa shape index (κ3) is 8.17. The van der Waals surface area contributed by atoms with E-state index < -0.39 is 7.82 Å². The van der Waals surface area contributed by atoms with Gasteiger partial charge in [-0.3, -0.25) is 9.05 Å². The zero-order chi connectivity index (χ0) is 12.6. The van der Waals surface area contributed by atoms with Gasteiger partial charge in [-0.2, -0.15) is 0 Å². The molecule has 0 bridgehead atoms. The average Bonchev–Trinajstić information content (AvgIpc) is 2.21. The number of hydrogen-bond donors (Lipinski definition) is 0. The van der Waals surface area contributed by atoms with Gasteiger partial charge < -0.3 is 4.52 Å². The number of rotatable bonds is 8. The van der Waals surface area contributed by atoms with E-state index in [9.17, 15) is 4.57 Å². The molecule has 0 unspecified atom stereocenters. The lowest BCUT2D eigenvalue weighted by Gasteiger charge is -2.18. The van der Waals surface area contributed by atoms with Crippen molar-refractivity contribution in [3.05, 3.63) is 11.8 Å². The van der Waals surface area contributed by atoms with Gasteiger partial charge >= 0.3 is 7.82 Å². The monoisotopic (exact) mass is 270 g/mol. The van der Waals surface area contributed by atoms with E-state index in [0.29, 0.717) is 13.2 Å². The minimum atomic E-state index is -3.51. The first-order valence-electron chi connectivity index (χ1n) is 5.22. The van der Waals surface area contributed by atoms with E-state index in [1.165, 1.54) is 0 Å². The molecule has 0 aromatic carbocycles. The van der Waals surface area contributed by atoms with E-state index in [1.807, 2.05) is 27.7 Å². The summed E-state index contributed by atoms with van der Waals surface area (Å²) in [5.41, 5.74) is 1.12. The Labute approximate surface area is 103 Å². The van der Waals surface area contributed by atoms with Crippen LogP contribution in [0, 0.1) is 11.8 Å². The van der Waals surface area contributed by atoms with E-state index in [0.717, 1.165) is 11.8 Å². The Morgan fingerprint density at radius 1 is 1.12 bits per heavy atom. The first kappa shape index (κ1) is 16.0. The smallest absolute Gasteiger partial charge is 0.411 e. The fraction of sp³-hybridized carbons (Fsp3) is 0.800. The lowest BCUT2D eigenvalue weighted by molar-refractivity contribution is 0.120. The largest absolute Gasteiger partial charge is 0.529 e. The SMILES string of the molecule is CC(C)COP(=O)(OC=CCl)OCC(C)C. The predicted octanol–water partition coefficient (Wildman–Crippen LogP) is 4.17. The van der Waals surface area contributed by atoms with Gasteiger partial charge in [0.1, 0.15) is 6.26 Å². The van der Waals surface area contributed by atoms with Crippen molar-refractivity contribution in [1.29, 1.82) is 0 Å². The molecule has 0 saturated heterocycles. The molecule has 6 heteroatoms. The van der Waals surface area contributed by atoms with Crippen molar-refractivity contribution in [1.82, 2.24) is 0 Å². The second-order valence-electron chi connectivity index (χ2n) is 4.19. The van der Waals surface area contributed by atoms with Crippen LogP contribution in [-0.4, -0.2) is 13.2 Å². The molecule has 0 aromatic rings. The van der Waals surface area contributed by atoms with Crippen LogP contribution in [0.2, 0.25) is 0 Å². The molecule has 0 aliphatic rings. The summed E-state index contributed by atoms with van der Waals surface area (Å²) in [7, 11) is -3.51. The van der Waals surface area contributed by atoms with Crippen LogP contribution in [0.3, 0.4) is 0 Å². The zero-order valence-electron chi connectivity index (χ0n) is 10.2. The molecule has 4 nitrogen and oxygen atoms in total. The normalized spacial score (nSPS) is 12.9. The molecular formula is C10H20ClO4P. The van der Waals surface area contributed by atoms with Crippen molar-refractivity contribution < 1.29 is 18.1 Å². The predicted molar refractivity (Wildman–Crippen MR) is 65.3 cm³/mol. The molecule has 0 heterocycles. The van der Waals surface area contributed by atoms with Gasteiger partial charge in [-0.05, 0) is 11.8 Å². The highest BCUT2D eigenvalue weighted by Gasteiger charge is 2.27. The van der Waals surface area contributed by atoms with Crippen molar-refractivity contribution >= 4 is 19.4 Å². The second kappa shape index (κ2) is 8.13. The van der Waals surface area contributed by atoms with Gasteiger partial charge in [0.15, 0.2) is 0 Å². The lowest BCUT2D eigenvalue weighted by Crippen LogP contribution is -2.07. The third-order valence-electron chi connectivity index (χ3n) is 1.37. The molecule has 0 aromatic heterocycles. The van der Waals surface area contributed by atoms with Crippen molar-refractivity contribution in [2.24, 2.45) is 11.8 Å². The summed E-state index contributed by atoms with van der Waals surface area (Å²) >= 11 is 5.30. The van der Waals surface area contributed by atoms with Gasteiger partial charge in [-0.15, -0.1) is 0 Å². The fourth-order valence-electron chi connectivity index (χ4n) is 0.676. The Morgan fingerprint density at radius 3 is 1.88 bits per heavy atom. The maximum absolute atomic E-state index is 12.0. The second-order valence-corrected chi connectivity index (χ2v) is 6.07. The van der Waals surface area contributed by atoms with Crippen LogP contribution in [0.25, 0.3) is 0 Å². The van der Waals surface area contributed by atoms with E-state index in [-0.39, 0.29) is 11.8 Å². The number of hydrogen-bond acceptors (Lipinski definition) is 4. The molecule has 96 valence electrons. The van der Waals surface area contributed by atoms with Crippen LogP contribution in [0.1, 0.15) is 27.7 Å². The van der Waals surface area contributed by atoms with Crippen molar-refractivity contribution in [3.63, 3.8) is 0 Å². The number of phosphoric acid groups is 1. The molecule has 0 atom stereocenters. The molecule has 0 fully saturated rings. The summed E-state index contributed by atoms with van der Waals surface area (Å²) in [6, 6.07) is 0. The zero-order valence-corrected chi connectivity index (χ0v) is 11.8. The molecule has 0 spiro atoms. The van der Waals surface area contributed by atoms with E-state index in [2.05, 4.69) is 0 Å². The standard InChI is InChI=1S/C10H20ClO4P/c1-9(2)7-14-16(12,13-6-5-11)15-8-10(3)4/h5-6,9-10H,7-8H2,1-4H3.